The van der Waals surface area contributed by atoms with Crippen LogP contribution in [0.4, 0.5) is 13.2 Å². The minimum Gasteiger partial charge on any atom is -0.303 e. The highest BCUT2D eigenvalue weighted by molar-refractivity contribution is 5.54. The largest absolute Gasteiger partial charge is 0.433 e. The summed E-state index contributed by atoms with van der Waals surface area (Å²) < 4.78 is 35.9. The molecule has 0 aliphatic rings. The standard InChI is InChI=1S/C8H6F3NO/c9-8(10,11)7-2-1-6(3-4-13)5-12-7/h1-2,4-5H,3H2. The maximum Gasteiger partial charge on any atom is 0.433 e. The van der Waals surface area contributed by atoms with Gasteiger partial charge in [-0.3, -0.25) is 4.98 Å². The zero-order valence-corrected chi connectivity index (χ0v) is 6.51. The highest BCUT2D eigenvalue weighted by Gasteiger charge is 2.31. The molecule has 1 aromatic rings. The molecule has 0 fully saturated rings. The molecular formula is C8H6F3NO. The Balaban J connectivity index is 2.87. The van der Waals surface area contributed by atoms with E-state index in [1.165, 1.54) is 6.07 Å². The van der Waals surface area contributed by atoms with Crippen molar-refractivity contribution in [3.8, 4) is 0 Å². The molecule has 1 rings (SSSR count). The Hall–Kier alpha value is -1.39. The zero-order valence-electron chi connectivity index (χ0n) is 6.51. The molecule has 2 nitrogen and oxygen atoms in total. The molecule has 0 bridgehead atoms. The van der Waals surface area contributed by atoms with E-state index >= 15 is 0 Å². The van der Waals surface area contributed by atoms with Crippen molar-refractivity contribution < 1.29 is 18.0 Å². The molecule has 0 N–H and O–H groups in total. The number of aldehydes is 1. The Morgan fingerprint density at radius 3 is 2.46 bits per heavy atom. The lowest BCUT2D eigenvalue weighted by atomic mass is 10.2. The summed E-state index contributed by atoms with van der Waals surface area (Å²) in [5, 5.41) is 0. The van der Waals surface area contributed by atoms with E-state index in [0.29, 0.717) is 11.8 Å². The smallest absolute Gasteiger partial charge is 0.303 e. The molecule has 0 atom stereocenters. The van der Waals surface area contributed by atoms with Crippen LogP contribution in [-0.2, 0) is 17.4 Å². The van der Waals surface area contributed by atoms with Gasteiger partial charge in [-0.25, -0.2) is 0 Å². The molecule has 1 heterocycles. The fourth-order valence-corrected chi connectivity index (χ4v) is 0.809. The molecule has 0 saturated heterocycles. The van der Waals surface area contributed by atoms with E-state index in [1.807, 2.05) is 0 Å². The number of alkyl halides is 3. The third-order valence-electron chi connectivity index (χ3n) is 1.43. The van der Waals surface area contributed by atoms with Crippen molar-refractivity contribution >= 4 is 6.29 Å². The summed E-state index contributed by atoms with van der Waals surface area (Å²) in [6.45, 7) is 0. The maximum absolute atomic E-state index is 12.0. The van der Waals surface area contributed by atoms with Gasteiger partial charge in [-0.1, -0.05) is 6.07 Å². The van der Waals surface area contributed by atoms with E-state index in [0.717, 1.165) is 12.3 Å². The number of carbonyl (C=O) groups excluding carboxylic acids is 1. The summed E-state index contributed by atoms with van der Waals surface area (Å²) in [6.07, 6.45) is -2.66. The topological polar surface area (TPSA) is 30.0 Å². The first-order valence-corrected chi connectivity index (χ1v) is 3.50. The van der Waals surface area contributed by atoms with Gasteiger partial charge in [0.05, 0.1) is 0 Å². The van der Waals surface area contributed by atoms with E-state index in [4.69, 9.17) is 0 Å². The zero-order chi connectivity index (χ0) is 9.90. The molecular weight excluding hydrogens is 183 g/mol. The van der Waals surface area contributed by atoms with Crippen molar-refractivity contribution in [2.24, 2.45) is 0 Å². The molecule has 0 aromatic carbocycles. The number of rotatable bonds is 2. The predicted octanol–water partition coefficient (Wildman–Crippen LogP) is 1.84. The second-order valence-corrected chi connectivity index (χ2v) is 2.42. The second kappa shape index (κ2) is 3.55. The summed E-state index contributed by atoms with van der Waals surface area (Å²) in [4.78, 5) is 13.2. The number of hydrogen-bond acceptors (Lipinski definition) is 2. The molecule has 0 aliphatic heterocycles. The quantitative estimate of drug-likeness (QED) is 0.664. The van der Waals surface area contributed by atoms with Gasteiger partial charge in [0.2, 0.25) is 0 Å². The Morgan fingerprint density at radius 2 is 2.08 bits per heavy atom. The lowest BCUT2D eigenvalue weighted by Gasteiger charge is -2.04. The molecule has 0 amide bonds. The molecule has 0 aliphatic carbocycles. The van der Waals surface area contributed by atoms with Gasteiger partial charge in [0.1, 0.15) is 12.0 Å². The SMILES string of the molecule is O=CCc1ccc(C(F)(F)F)nc1. The summed E-state index contributed by atoms with van der Waals surface area (Å²) in [7, 11) is 0. The molecule has 1 aromatic heterocycles. The fourth-order valence-electron chi connectivity index (χ4n) is 0.809. The van der Waals surface area contributed by atoms with Crippen molar-refractivity contribution in [3.63, 3.8) is 0 Å². The predicted molar refractivity (Wildman–Crippen MR) is 39.0 cm³/mol. The van der Waals surface area contributed by atoms with Crippen molar-refractivity contribution in [1.82, 2.24) is 4.98 Å². The Bertz CT molecular complexity index is 291. The van der Waals surface area contributed by atoms with E-state index in [2.05, 4.69) is 4.98 Å². The van der Waals surface area contributed by atoms with E-state index in [-0.39, 0.29) is 6.42 Å². The molecule has 13 heavy (non-hydrogen) atoms. The van der Waals surface area contributed by atoms with Crippen LogP contribution in [0.1, 0.15) is 11.3 Å². The molecule has 0 radical (unpaired) electrons. The number of halogens is 3. The van der Waals surface area contributed by atoms with Crippen LogP contribution >= 0.6 is 0 Å². The molecule has 70 valence electrons. The van der Waals surface area contributed by atoms with Crippen LogP contribution in [0.5, 0.6) is 0 Å². The van der Waals surface area contributed by atoms with Gasteiger partial charge in [0.15, 0.2) is 0 Å². The van der Waals surface area contributed by atoms with Crippen LogP contribution in [-0.4, -0.2) is 11.3 Å². The van der Waals surface area contributed by atoms with E-state index in [9.17, 15) is 18.0 Å². The first-order valence-electron chi connectivity index (χ1n) is 3.50. The summed E-state index contributed by atoms with van der Waals surface area (Å²) in [5.74, 6) is 0. The Morgan fingerprint density at radius 1 is 1.38 bits per heavy atom. The van der Waals surface area contributed by atoms with Crippen LogP contribution in [0, 0.1) is 0 Å². The Kier molecular flexibility index (Phi) is 2.65. The number of pyridine rings is 1. The fraction of sp³-hybridized carbons (Fsp3) is 0.250. The van der Waals surface area contributed by atoms with Gasteiger partial charge in [-0.05, 0) is 11.6 Å². The molecule has 0 spiro atoms. The third-order valence-corrected chi connectivity index (χ3v) is 1.43. The third kappa shape index (κ3) is 2.54. The van der Waals surface area contributed by atoms with Gasteiger partial charge >= 0.3 is 6.18 Å². The Labute approximate surface area is 72.4 Å². The lowest BCUT2D eigenvalue weighted by Crippen LogP contribution is -2.07. The van der Waals surface area contributed by atoms with Gasteiger partial charge in [0, 0.05) is 12.6 Å². The van der Waals surface area contributed by atoms with Crippen molar-refractivity contribution in [1.29, 1.82) is 0 Å². The van der Waals surface area contributed by atoms with Crippen molar-refractivity contribution in [2.45, 2.75) is 12.6 Å². The van der Waals surface area contributed by atoms with Gasteiger partial charge in [0.25, 0.3) is 0 Å². The molecule has 0 saturated carbocycles. The first kappa shape index (κ1) is 9.70. The van der Waals surface area contributed by atoms with E-state index in [1.54, 1.807) is 0 Å². The normalized spacial score (nSPS) is 11.3. The van der Waals surface area contributed by atoms with Gasteiger partial charge < -0.3 is 4.79 Å². The first-order chi connectivity index (χ1) is 6.04. The summed E-state index contributed by atoms with van der Waals surface area (Å²) in [6, 6.07) is 2.10. The number of hydrogen-bond donors (Lipinski definition) is 0. The van der Waals surface area contributed by atoms with Gasteiger partial charge in [-0.2, -0.15) is 13.2 Å². The van der Waals surface area contributed by atoms with Crippen molar-refractivity contribution in [3.05, 3.63) is 29.6 Å². The van der Waals surface area contributed by atoms with Crippen LogP contribution in [0.2, 0.25) is 0 Å². The number of aromatic nitrogens is 1. The molecule has 0 unspecified atom stereocenters. The maximum atomic E-state index is 12.0. The highest BCUT2D eigenvalue weighted by Crippen LogP contribution is 2.27. The summed E-state index contributed by atoms with van der Waals surface area (Å²) >= 11 is 0. The summed E-state index contributed by atoms with van der Waals surface area (Å²) in [5.41, 5.74) is -0.467. The lowest BCUT2D eigenvalue weighted by molar-refractivity contribution is -0.141. The number of carbonyl (C=O) groups is 1. The van der Waals surface area contributed by atoms with Gasteiger partial charge in [-0.15, -0.1) is 0 Å². The minimum atomic E-state index is -4.42. The highest BCUT2D eigenvalue weighted by atomic mass is 19.4. The number of nitrogens with zero attached hydrogens (tertiary/aromatic N) is 1. The molecule has 5 heteroatoms. The van der Waals surface area contributed by atoms with Crippen LogP contribution in [0.15, 0.2) is 18.3 Å². The van der Waals surface area contributed by atoms with Crippen LogP contribution in [0.3, 0.4) is 0 Å². The average Bonchev–Trinajstić information content (AvgIpc) is 2.04. The van der Waals surface area contributed by atoms with Crippen molar-refractivity contribution in [2.75, 3.05) is 0 Å². The van der Waals surface area contributed by atoms with Crippen LogP contribution in [0.25, 0.3) is 0 Å². The van der Waals surface area contributed by atoms with E-state index < -0.39 is 11.9 Å². The second-order valence-electron chi connectivity index (χ2n) is 2.42. The average molecular weight is 189 g/mol. The van der Waals surface area contributed by atoms with Crippen LogP contribution < -0.4 is 0 Å². The minimum absolute atomic E-state index is 0.0884. The monoisotopic (exact) mass is 189 g/mol.